The van der Waals surface area contributed by atoms with Crippen LogP contribution in [0.15, 0.2) is 18.2 Å². The van der Waals surface area contributed by atoms with E-state index in [2.05, 4.69) is 0 Å². The van der Waals surface area contributed by atoms with E-state index in [4.69, 9.17) is 32.7 Å². The molecule has 1 heterocycles. The summed E-state index contributed by atoms with van der Waals surface area (Å²) in [6.45, 7) is 1.68. The first kappa shape index (κ1) is 18.3. The third-order valence-corrected chi connectivity index (χ3v) is 5.08. The predicted molar refractivity (Wildman–Crippen MR) is 94.9 cm³/mol. The van der Waals surface area contributed by atoms with Crippen molar-refractivity contribution in [1.29, 1.82) is 0 Å². The lowest BCUT2D eigenvalue weighted by atomic mass is 9.97. The molecule has 5 nitrogen and oxygen atoms in total. The van der Waals surface area contributed by atoms with Gasteiger partial charge in [-0.3, -0.25) is 9.59 Å². The standard InChI is InChI=1S/C18H21Cl2NO4/c19-14-3-4-16(15(20)11-14)24-9-10-25-18(23)13-5-7-21(8-6-13)17(22)12-1-2-12/h3-4,11-13H,1-2,5-10H2. The molecule has 0 N–H and O–H groups in total. The van der Waals surface area contributed by atoms with Gasteiger partial charge in [0.05, 0.1) is 10.9 Å². The molecule has 0 bridgehead atoms. The molecule has 3 rings (SSSR count). The fraction of sp³-hybridized carbons (Fsp3) is 0.556. The van der Waals surface area contributed by atoms with Crippen LogP contribution in [0.5, 0.6) is 5.75 Å². The molecule has 1 amide bonds. The van der Waals surface area contributed by atoms with Crippen molar-refractivity contribution < 1.29 is 19.1 Å². The van der Waals surface area contributed by atoms with Gasteiger partial charge in [-0.2, -0.15) is 0 Å². The quantitative estimate of drug-likeness (QED) is 0.554. The lowest BCUT2D eigenvalue weighted by Crippen LogP contribution is -2.41. The molecule has 1 saturated carbocycles. The summed E-state index contributed by atoms with van der Waals surface area (Å²) >= 11 is 11.8. The maximum Gasteiger partial charge on any atom is 0.309 e. The Hall–Kier alpha value is -1.46. The van der Waals surface area contributed by atoms with Crippen molar-refractivity contribution in [1.82, 2.24) is 4.90 Å². The Kier molecular flexibility index (Phi) is 6.07. The van der Waals surface area contributed by atoms with Crippen LogP contribution in [0.25, 0.3) is 0 Å². The van der Waals surface area contributed by atoms with Gasteiger partial charge in [0.2, 0.25) is 5.91 Å². The van der Waals surface area contributed by atoms with Gasteiger partial charge in [0.1, 0.15) is 19.0 Å². The summed E-state index contributed by atoms with van der Waals surface area (Å²) < 4.78 is 10.8. The zero-order valence-corrected chi connectivity index (χ0v) is 15.4. The van der Waals surface area contributed by atoms with E-state index in [0.717, 1.165) is 12.8 Å². The average molecular weight is 386 g/mol. The molecule has 2 aliphatic rings. The third-order valence-electron chi connectivity index (χ3n) is 4.55. The minimum atomic E-state index is -0.218. The molecule has 136 valence electrons. The van der Waals surface area contributed by atoms with E-state index in [1.807, 2.05) is 4.90 Å². The molecule has 0 atom stereocenters. The van der Waals surface area contributed by atoms with E-state index in [0.29, 0.717) is 41.7 Å². The lowest BCUT2D eigenvalue weighted by molar-refractivity contribution is -0.152. The fourth-order valence-electron chi connectivity index (χ4n) is 2.93. The molecule has 0 unspecified atom stereocenters. The molecule has 1 aromatic rings. The Morgan fingerprint density at radius 2 is 1.76 bits per heavy atom. The van der Waals surface area contributed by atoms with Crippen molar-refractivity contribution in [2.24, 2.45) is 11.8 Å². The number of halogens is 2. The van der Waals surface area contributed by atoms with Crippen LogP contribution in [0.2, 0.25) is 10.0 Å². The van der Waals surface area contributed by atoms with Gasteiger partial charge >= 0.3 is 5.97 Å². The van der Waals surface area contributed by atoms with Crippen LogP contribution < -0.4 is 4.74 Å². The highest BCUT2D eigenvalue weighted by Gasteiger charge is 2.36. The number of nitrogens with zero attached hydrogens (tertiary/aromatic N) is 1. The highest BCUT2D eigenvalue weighted by Crippen LogP contribution is 2.32. The first-order valence-electron chi connectivity index (χ1n) is 8.58. The van der Waals surface area contributed by atoms with Crippen LogP contribution >= 0.6 is 23.2 Å². The average Bonchev–Trinajstić information content (AvgIpc) is 3.44. The summed E-state index contributed by atoms with van der Waals surface area (Å²) in [6.07, 6.45) is 3.36. The third kappa shape index (κ3) is 5.02. The molecule has 0 aromatic heterocycles. The fourth-order valence-corrected chi connectivity index (χ4v) is 3.39. The Morgan fingerprint density at radius 3 is 2.40 bits per heavy atom. The summed E-state index contributed by atoms with van der Waals surface area (Å²) in [6, 6.07) is 4.96. The topological polar surface area (TPSA) is 55.8 Å². The van der Waals surface area contributed by atoms with Crippen LogP contribution in [0, 0.1) is 11.8 Å². The van der Waals surface area contributed by atoms with Crippen molar-refractivity contribution in [2.45, 2.75) is 25.7 Å². The zero-order chi connectivity index (χ0) is 17.8. The van der Waals surface area contributed by atoms with Crippen molar-refractivity contribution in [2.75, 3.05) is 26.3 Å². The molecule has 0 spiro atoms. The van der Waals surface area contributed by atoms with E-state index in [1.54, 1.807) is 18.2 Å². The monoisotopic (exact) mass is 385 g/mol. The number of rotatable bonds is 6. The second-order valence-electron chi connectivity index (χ2n) is 6.46. The minimum absolute atomic E-state index is 0.137. The van der Waals surface area contributed by atoms with Gasteiger partial charge < -0.3 is 14.4 Å². The molecular weight excluding hydrogens is 365 g/mol. The lowest BCUT2D eigenvalue weighted by Gasteiger charge is -2.31. The van der Waals surface area contributed by atoms with Crippen LogP contribution in [0.3, 0.4) is 0 Å². The molecule has 2 fully saturated rings. The highest BCUT2D eigenvalue weighted by molar-refractivity contribution is 6.35. The van der Waals surface area contributed by atoms with E-state index in [1.165, 1.54) is 0 Å². The molecule has 0 radical (unpaired) electrons. The van der Waals surface area contributed by atoms with Gasteiger partial charge in [0.15, 0.2) is 0 Å². The summed E-state index contributed by atoms with van der Waals surface area (Å²) in [7, 11) is 0. The second-order valence-corrected chi connectivity index (χ2v) is 7.31. The summed E-state index contributed by atoms with van der Waals surface area (Å²) in [5.41, 5.74) is 0. The molecule has 1 aliphatic heterocycles. The highest BCUT2D eigenvalue weighted by atomic mass is 35.5. The van der Waals surface area contributed by atoms with Crippen LogP contribution in [-0.2, 0) is 14.3 Å². The molecule has 25 heavy (non-hydrogen) atoms. The van der Waals surface area contributed by atoms with Crippen LogP contribution in [0.4, 0.5) is 0 Å². The molecule has 7 heteroatoms. The minimum Gasteiger partial charge on any atom is -0.488 e. The van der Waals surface area contributed by atoms with Gasteiger partial charge in [-0.05, 0) is 43.9 Å². The van der Waals surface area contributed by atoms with Crippen molar-refractivity contribution in [3.63, 3.8) is 0 Å². The Morgan fingerprint density at radius 1 is 1.04 bits per heavy atom. The number of ether oxygens (including phenoxy) is 2. The van der Waals surface area contributed by atoms with Gasteiger partial charge in [0.25, 0.3) is 0 Å². The SMILES string of the molecule is O=C(OCCOc1ccc(Cl)cc1Cl)C1CCN(C(=O)C2CC2)CC1. The molecule has 1 aliphatic carbocycles. The number of likely N-dealkylation sites (tertiary alicyclic amines) is 1. The predicted octanol–water partition coefficient (Wildman–Crippen LogP) is 3.56. The number of hydrogen-bond acceptors (Lipinski definition) is 4. The number of carbonyl (C=O) groups is 2. The van der Waals surface area contributed by atoms with Crippen molar-refractivity contribution in [3.8, 4) is 5.75 Å². The van der Waals surface area contributed by atoms with Gasteiger partial charge in [-0.15, -0.1) is 0 Å². The second kappa shape index (κ2) is 8.28. The maximum atomic E-state index is 12.1. The normalized spacial score (nSPS) is 18.1. The molecular formula is C18H21Cl2NO4. The van der Waals surface area contributed by atoms with Crippen LogP contribution in [-0.4, -0.2) is 43.1 Å². The van der Waals surface area contributed by atoms with E-state index in [-0.39, 0.29) is 36.9 Å². The zero-order valence-electron chi connectivity index (χ0n) is 13.9. The number of amides is 1. The Bertz CT molecular complexity index is 640. The van der Waals surface area contributed by atoms with Gasteiger partial charge in [0, 0.05) is 24.0 Å². The number of esters is 1. The first-order chi connectivity index (χ1) is 12.0. The number of hydrogen-bond donors (Lipinski definition) is 0. The van der Waals surface area contributed by atoms with E-state index in [9.17, 15) is 9.59 Å². The number of piperidine rings is 1. The Labute approximate surface area is 157 Å². The Balaban J connectivity index is 1.35. The summed E-state index contributed by atoms with van der Waals surface area (Å²) in [4.78, 5) is 26.0. The van der Waals surface area contributed by atoms with Gasteiger partial charge in [-0.1, -0.05) is 23.2 Å². The van der Waals surface area contributed by atoms with Gasteiger partial charge in [-0.25, -0.2) is 0 Å². The van der Waals surface area contributed by atoms with Crippen LogP contribution in [0.1, 0.15) is 25.7 Å². The smallest absolute Gasteiger partial charge is 0.309 e. The first-order valence-corrected chi connectivity index (χ1v) is 9.33. The van der Waals surface area contributed by atoms with E-state index >= 15 is 0 Å². The van der Waals surface area contributed by atoms with E-state index < -0.39 is 0 Å². The van der Waals surface area contributed by atoms with Crippen molar-refractivity contribution >= 4 is 35.1 Å². The number of carbonyl (C=O) groups excluding carboxylic acids is 2. The van der Waals surface area contributed by atoms with Crippen molar-refractivity contribution in [3.05, 3.63) is 28.2 Å². The largest absolute Gasteiger partial charge is 0.488 e. The number of benzene rings is 1. The summed E-state index contributed by atoms with van der Waals surface area (Å²) in [5.74, 6) is 0.640. The maximum absolute atomic E-state index is 12.1. The molecule has 1 saturated heterocycles. The summed E-state index contributed by atoms with van der Waals surface area (Å²) in [5, 5.41) is 0.960. The molecule has 1 aromatic carbocycles.